The number of rotatable bonds is 6. The molecule has 0 atom stereocenters. The first-order chi connectivity index (χ1) is 11.5. The van der Waals surface area contributed by atoms with Crippen LogP contribution in [0.5, 0.6) is 11.5 Å². The summed E-state index contributed by atoms with van der Waals surface area (Å²) in [6, 6.07) is 5.75. The lowest BCUT2D eigenvalue weighted by molar-refractivity contribution is -0.127. The topological polar surface area (TPSA) is 64.8 Å². The number of amides is 1. The molecule has 0 fully saturated rings. The molecule has 1 aliphatic rings. The molecule has 1 aliphatic heterocycles. The normalized spacial score (nSPS) is 12.5. The molecule has 0 spiro atoms. The first-order valence-corrected chi connectivity index (χ1v) is 8.82. The molecule has 0 saturated heterocycles. The predicted molar refractivity (Wildman–Crippen MR) is 91.2 cm³/mol. The van der Waals surface area contributed by atoms with E-state index in [1.807, 2.05) is 39.1 Å². The fourth-order valence-corrected chi connectivity index (χ4v) is 3.57. The van der Waals surface area contributed by atoms with Crippen molar-refractivity contribution in [1.82, 2.24) is 10.1 Å². The number of nitrogens with zero attached hydrogens (tertiary/aromatic N) is 2. The largest absolute Gasteiger partial charge is 0.454 e. The summed E-state index contributed by atoms with van der Waals surface area (Å²) < 4.78 is 15.8. The quantitative estimate of drug-likeness (QED) is 0.800. The molecule has 3 rings (SSSR count). The Morgan fingerprint density at radius 2 is 2.08 bits per heavy atom. The number of hydrogen-bond donors (Lipinski definition) is 0. The van der Waals surface area contributed by atoms with E-state index in [9.17, 15) is 4.79 Å². The number of benzene rings is 1. The molecule has 0 N–H and O–H groups in total. The van der Waals surface area contributed by atoms with E-state index in [0.29, 0.717) is 12.3 Å². The van der Waals surface area contributed by atoms with Gasteiger partial charge < -0.3 is 18.9 Å². The number of fused-ring (bicyclic) bond motifs is 1. The van der Waals surface area contributed by atoms with E-state index in [-0.39, 0.29) is 12.7 Å². The van der Waals surface area contributed by atoms with Gasteiger partial charge in [0.2, 0.25) is 12.7 Å². The number of hydrogen-bond acceptors (Lipinski definition) is 6. The highest BCUT2D eigenvalue weighted by Crippen LogP contribution is 2.32. The van der Waals surface area contributed by atoms with E-state index in [1.54, 1.807) is 16.7 Å². The summed E-state index contributed by atoms with van der Waals surface area (Å²) in [6.07, 6.45) is 0. The van der Waals surface area contributed by atoms with Gasteiger partial charge in [-0.25, -0.2) is 0 Å². The smallest absolute Gasteiger partial charge is 0.232 e. The summed E-state index contributed by atoms with van der Waals surface area (Å²) in [7, 11) is 1.81. The second-order valence-corrected chi connectivity index (χ2v) is 6.72. The lowest BCUT2D eigenvalue weighted by Gasteiger charge is -2.17. The van der Waals surface area contributed by atoms with E-state index >= 15 is 0 Å². The van der Waals surface area contributed by atoms with Crippen molar-refractivity contribution in [3.8, 4) is 11.5 Å². The predicted octanol–water partition coefficient (Wildman–Crippen LogP) is 2.91. The summed E-state index contributed by atoms with van der Waals surface area (Å²) in [5, 5.41) is 3.93. The Morgan fingerprint density at radius 3 is 2.83 bits per heavy atom. The van der Waals surface area contributed by atoms with Gasteiger partial charge >= 0.3 is 0 Å². The van der Waals surface area contributed by atoms with Gasteiger partial charge in [-0.2, -0.15) is 0 Å². The van der Waals surface area contributed by atoms with Gasteiger partial charge in [0, 0.05) is 24.9 Å². The zero-order valence-corrected chi connectivity index (χ0v) is 14.8. The monoisotopic (exact) mass is 348 g/mol. The van der Waals surface area contributed by atoms with E-state index in [1.165, 1.54) is 0 Å². The number of thioether (sulfide) groups is 1. The van der Waals surface area contributed by atoms with Gasteiger partial charge in [-0.1, -0.05) is 11.2 Å². The van der Waals surface area contributed by atoms with Crippen LogP contribution in [-0.4, -0.2) is 35.6 Å². The Morgan fingerprint density at radius 1 is 1.29 bits per heavy atom. The molecule has 2 heterocycles. The molecular formula is C17H20N2O4S. The van der Waals surface area contributed by atoms with Gasteiger partial charge in [0.05, 0.1) is 11.4 Å². The minimum absolute atomic E-state index is 0.0874. The van der Waals surface area contributed by atoms with Crippen LogP contribution in [0.2, 0.25) is 0 Å². The summed E-state index contributed by atoms with van der Waals surface area (Å²) in [6.45, 7) is 4.61. The maximum absolute atomic E-state index is 12.3. The van der Waals surface area contributed by atoms with Crippen molar-refractivity contribution in [2.24, 2.45) is 0 Å². The van der Waals surface area contributed by atoms with Crippen LogP contribution in [0.15, 0.2) is 22.7 Å². The number of carbonyl (C=O) groups excluding carboxylic acids is 1. The van der Waals surface area contributed by atoms with Gasteiger partial charge in [0.1, 0.15) is 5.76 Å². The Hall–Kier alpha value is -2.15. The molecule has 0 bridgehead atoms. The van der Waals surface area contributed by atoms with Gasteiger partial charge in [0.15, 0.2) is 11.5 Å². The number of ether oxygens (including phenoxy) is 2. The molecule has 1 aromatic carbocycles. The average Bonchev–Trinajstić information content (AvgIpc) is 3.15. The maximum atomic E-state index is 12.3. The molecule has 0 aliphatic carbocycles. The molecule has 24 heavy (non-hydrogen) atoms. The standard InChI is InChI=1S/C17H20N2O4S/c1-11-14(12(2)23-18-11)8-24-9-17(20)19(3)7-13-4-5-15-16(6-13)22-10-21-15/h4-6H,7-10H2,1-3H3. The van der Waals surface area contributed by atoms with Crippen LogP contribution >= 0.6 is 11.8 Å². The second-order valence-electron chi connectivity index (χ2n) is 5.73. The Kier molecular flexibility index (Phi) is 4.99. The van der Waals surface area contributed by atoms with Crippen LogP contribution in [0.25, 0.3) is 0 Å². The van der Waals surface area contributed by atoms with Gasteiger partial charge in [-0.15, -0.1) is 11.8 Å². The van der Waals surface area contributed by atoms with Crippen molar-refractivity contribution < 1.29 is 18.8 Å². The highest BCUT2D eigenvalue weighted by Gasteiger charge is 2.16. The summed E-state index contributed by atoms with van der Waals surface area (Å²) >= 11 is 1.57. The molecule has 0 unspecified atom stereocenters. The zero-order valence-electron chi connectivity index (χ0n) is 14.0. The van der Waals surface area contributed by atoms with E-state index in [4.69, 9.17) is 14.0 Å². The van der Waals surface area contributed by atoms with Crippen molar-refractivity contribution in [2.45, 2.75) is 26.1 Å². The van der Waals surface area contributed by atoms with E-state index < -0.39 is 0 Å². The van der Waals surface area contributed by atoms with Gasteiger partial charge in [-0.05, 0) is 31.5 Å². The van der Waals surface area contributed by atoms with Gasteiger partial charge in [0.25, 0.3) is 0 Å². The zero-order chi connectivity index (χ0) is 17.1. The minimum atomic E-state index is 0.0874. The molecule has 1 aromatic heterocycles. The molecule has 1 amide bonds. The Bertz CT molecular complexity index is 725. The molecule has 7 heteroatoms. The lowest BCUT2D eigenvalue weighted by atomic mass is 10.2. The van der Waals surface area contributed by atoms with Crippen molar-refractivity contribution in [2.75, 3.05) is 19.6 Å². The first kappa shape index (κ1) is 16.7. The van der Waals surface area contributed by atoms with Crippen molar-refractivity contribution in [1.29, 1.82) is 0 Å². The molecule has 128 valence electrons. The van der Waals surface area contributed by atoms with Gasteiger partial charge in [-0.3, -0.25) is 4.79 Å². The maximum Gasteiger partial charge on any atom is 0.232 e. The lowest BCUT2D eigenvalue weighted by Crippen LogP contribution is -2.27. The molecule has 6 nitrogen and oxygen atoms in total. The number of aromatic nitrogens is 1. The van der Waals surface area contributed by atoms with Crippen LogP contribution < -0.4 is 9.47 Å². The van der Waals surface area contributed by atoms with Crippen molar-refractivity contribution >= 4 is 17.7 Å². The van der Waals surface area contributed by atoms with Crippen LogP contribution in [0.4, 0.5) is 0 Å². The number of aryl methyl sites for hydroxylation is 2. The van der Waals surface area contributed by atoms with Crippen LogP contribution in [0.3, 0.4) is 0 Å². The minimum Gasteiger partial charge on any atom is -0.454 e. The first-order valence-electron chi connectivity index (χ1n) is 7.66. The van der Waals surface area contributed by atoms with Crippen LogP contribution in [0.1, 0.15) is 22.6 Å². The molecular weight excluding hydrogens is 328 g/mol. The van der Waals surface area contributed by atoms with Crippen LogP contribution in [-0.2, 0) is 17.1 Å². The summed E-state index contributed by atoms with van der Waals surface area (Å²) in [5.41, 5.74) is 2.98. The summed E-state index contributed by atoms with van der Waals surface area (Å²) in [4.78, 5) is 14.0. The molecule has 2 aromatic rings. The van der Waals surface area contributed by atoms with Crippen LogP contribution in [0, 0.1) is 13.8 Å². The number of carbonyl (C=O) groups is 1. The Labute approximate surface area is 145 Å². The molecule has 0 saturated carbocycles. The van der Waals surface area contributed by atoms with Crippen molar-refractivity contribution in [3.05, 3.63) is 40.8 Å². The summed E-state index contributed by atoms with van der Waals surface area (Å²) in [5.74, 6) is 3.55. The third kappa shape index (κ3) is 3.67. The highest BCUT2D eigenvalue weighted by molar-refractivity contribution is 7.99. The molecule has 0 radical (unpaired) electrons. The average molecular weight is 348 g/mol. The fraction of sp³-hybridized carbons (Fsp3) is 0.412. The van der Waals surface area contributed by atoms with E-state index in [2.05, 4.69) is 5.16 Å². The third-order valence-corrected chi connectivity index (χ3v) is 4.88. The second kappa shape index (κ2) is 7.17. The Balaban J connectivity index is 1.50. The van der Waals surface area contributed by atoms with E-state index in [0.717, 1.165) is 39.8 Å². The SMILES string of the molecule is Cc1noc(C)c1CSCC(=O)N(C)Cc1ccc2c(c1)OCO2. The fourth-order valence-electron chi connectivity index (χ4n) is 2.46. The third-order valence-electron chi connectivity index (χ3n) is 3.94. The van der Waals surface area contributed by atoms with Crippen molar-refractivity contribution in [3.63, 3.8) is 0 Å². The highest BCUT2D eigenvalue weighted by atomic mass is 32.2.